The molecule has 1 aliphatic heterocycles. The van der Waals surface area contributed by atoms with Gasteiger partial charge in [-0.15, -0.1) is 0 Å². The minimum atomic E-state index is 0.645. The zero-order valence-electron chi connectivity index (χ0n) is 23.6. The number of fused-ring (bicyclic) bond motifs is 8. The van der Waals surface area contributed by atoms with E-state index in [1.165, 1.54) is 0 Å². The van der Waals surface area contributed by atoms with Crippen LogP contribution < -0.4 is 24.3 Å². The van der Waals surface area contributed by atoms with Gasteiger partial charge < -0.3 is 24.3 Å². The van der Waals surface area contributed by atoms with E-state index in [1.54, 1.807) is 0 Å². The third-order valence-corrected chi connectivity index (χ3v) is 7.42. The van der Waals surface area contributed by atoms with Gasteiger partial charge >= 0.3 is 0 Å². The normalized spacial score (nSPS) is 12.9. The van der Waals surface area contributed by atoms with Crippen LogP contribution in [0.1, 0.15) is 5.56 Å². The van der Waals surface area contributed by atoms with Gasteiger partial charge in [0.15, 0.2) is 5.75 Å². The fourth-order valence-corrected chi connectivity index (χ4v) is 4.92. The van der Waals surface area contributed by atoms with Crippen molar-refractivity contribution >= 4 is 57.9 Å². The van der Waals surface area contributed by atoms with Crippen LogP contribution >= 0.6 is 11.6 Å². The number of pyridine rings is 3. The molecule has 6 rings (SSSR count). The summed E-state index contributed by atoms with van der Waals surface area (Å²) in [5, 5.41) is 0.645. The van der Waals surface area contributed by atoms with Crippen molar-refractivity contribution in [2.24, 2.45) is 0 Å². The van der Waals surface area contributed by atoms with Crippen LogP contribution in [-0.2, 0) is 0 Å². The summed E-state index contributed by atoms with van der Waals surface area (Å²) < 4.78 is 6.63. The Morgan fingerprint density at radius 1 is 0.537 bits per heavy atom. The lowest BCUT2D eigenvalue weighted by Crippen LogP contribution is -2.20. The van der Waals surface area contributed by atoms with Crippen LogP contribution in [0.15, 0.2) is 91.0 Å². The highest BCUT2D eigenvalue weighted by molar-refractivity contribution is 6.30. The van der Waals surface area contributed by atoms with Crippen LogP contribution in [0.3, 0.4) is 0 Å². The number of benzene rings is 2. The molecule has 0 radical (unpaired) electrons. The van der Waals surface area contributed by atoms with E-state index in [-0.39, 0.29) is 0 Å². The predicted octanol–water partition coefficient (Wildman–Crippen LogP) is 8.01. The molecule has 206 valence electrons. The summed E-state index contributed by atoms with van der Waals surface area (Å²) in [5.74, 6) is 5.92. The highest BCUT2D eigenvalue weighted by atomic mass is 35.5. The van der Waals surface area contributed by atoms with Crippen LogP contribution in [0.5, 0.6) is 11.5 Å². The first-order valence-corrected chi connectivity index (χ1v) is 13.6. The van der Waals surface area contributed by atoms with Crippen molar-refractivity contribution in [3.05, 3.63) is 102 Å². The van der Waals surface area contributed by atoms with E-state index in [0.29, 0.717) is 16.5 Å². The summed E-state index contributed by atoms with van der Waals surface area (Å²) in [5.41, 5.74) is 2.78. The van der Waals surface area contributed by atoms with Crippen molar-refractivity contribution in [2.75, 3.05) is 47.8 Å². The number of aromatic nitrogens is 3. The van der Waals surface area contributed by atoms with E-state index in [1.807, 2.05) is 127 Å². The van der Waals surface area contributed by atoms with Gasteiger partial charge in [0.1, 0.15) is 40.7 Å². The Morgan fingerprint density at radius 3 is 1.29 bits per heavy atom. The second-order valence-corrected chi connectivity index (χ2v) is 10.4. The third kappa shape index (κ3) is 5.10. The molecule has 2 aromatic carbocycles. The Hall–Kier alpha value is -4.82. The number of anilines is 8. The second-order valence-electron chi connectivity index (χ2n) is 9.99. The molecular formula is C32H30ClN7O. The lowest BCUT2D eigenvalue weighted by atomic mass is 10.1. The molecule has 9 heteroatoms. The minimum Gasteiger partial charge on any atom is -0.453 e. The van der Waals surface area contributed by atoms with Crippen molar-refractivity contribution in [1.82, 2.24) is 15.0 Å². The molecular weight excluding hydrogens is 534 g/mol. The SMILES string of the molecule is Cc1cc2c(Oc3ccc(Cl)cc3)c(c1)N(C)c1cccc(n1)N(C)c1cccc(n1)N(C)c1cccc(n1)N2C. The number of hydrogen-bond acceptors (Lipinski definition) is 8. The first-order valence-electron chi connectivity index (χ1n) is 13.2. The minimum absolute atomic E-state index is 0.645. The molecule has 0 saturated carbocycles. The summed E-state index contributed by atoms with van der Waals surface area (Å²) in [4.78, 5) is 23.0. The molecule has 0 fully saturated rings. The first kappa shape index (κ1) is 26.4. The van der Waals surface area contributed by atoms with Gasteiger partial charge in [-0.3, -0.25) is 0 Å². The molecule has 0 aliphatic carbocycles. The van der Waals surface area contributed by atoms with E-state index in [4.69, 9.17) is 31.3 Å². The molecule has 0 spiro atoms. The molecule has 0 unspecified atom stereocenters. The number of aryl methyl sites for hydroxylation is 1. The third-order valence-electron chi connectivity index (χ3n) is 7.17. The Kier molecular flexibility index (Phi) is 6.85. The van der Waals surface area contributed by atoms with E-state index >= 15 is 0 Å². The number of hydrogen-bond donors (Lipinski definition) is 0. The molecule has 0 N–H and O–H groups in total. The molecule has 0 atom stereocenters. The zero-order valence-corrected chi connectivity index (χ0v) is 24.3. The van der Waals surface area contributed by atoms with E-state index in [9.17, 15) is 0 Å². The summed E-state index contributed by atoms with van der Waals surface area (Å²) in [6.45, 7) is 2.08. The molecule has 41 heavy (non-hydrogen) atoms. The summed E-state index contributed by atoms with van der Waals surface area (Å²) in [7, 11) is 7.93. The maximum absolute atomic E-state index is 6.63. The number of halogens is 1. The van der Waals surface area contributed by atoms with Crippen LogP contribution in [0.2, 0.25) is 5.02 Å². The zero-order chi connectivity index (χ0) is 28.7. The Bertz CT molecular complexity index is 1630. The largest absolute Gasteiger partial charge is 0.453 e. The molecule has 5 aromatic rings. The lowest BCUT2D eigenvalue weighted by molar-refractivity contribution is 0.484. The van der Waals surface area contributed by atoms with Crippen LogP contribution in [0.25, 0.3) is 0 Å². The van der Waals surface area contributed by atoms with Gasteiger partial charge in [-0.1, -0.05) is 29.8 Å². The quantitative estimate of drug-likeness (QED) is 0.214. The fraction of sp³-hybridized carbons (Fsp3) is 0.156. The fourth-order valence-electron chi connectivity index (χ4n) is 4.80. The van der Waals surface area contributed by atoms with Gasteiger partial charge in [0.2, 0.25) is 0 Å². The summed E-state index contributed by atoms with van der Waals surface area (Å²) in [6.07, 6.45) is 0. The van der Waals surface area contributed by atoms with Crippen LogP contribution in [-0.4, -0.2) is 43.1 Å². The molecule has 3 aromatic heterocycles. The van der Waals surface area contributed by atoms with Crippen molar-refractivity contribution in [1.29, 1.82) is 0 Å². The van der Waals surface area contributed by atoms with Crippen LogP contribution in [0, 0.1) is 6.92 Å². The van der Waals surface area contributed by atoms with E-state index in [2.05, 4.69) is 19.1 Å². The smallest absolute Gasteiger partial charge is 0.174 e. The Labute approximate surface area is 245 Å². The Balaban J connectivity index is 1.60. The second kappa shape index (κ2) is 10.6. The maximum Gasteiger partial charge on any atom is 0.174 e. The maximum atomic E-state index is 6.63. The molecule has 4 heterocycles. The van der Waals surface area contributed by atoms with Crippen molar-refractivity contribution in [2.45, 2.75) is 6.92 Å². The van der Waals surface area contributed by atoms with E-state index in [0.717, 1.165) is 51.8 Å². The standard InChI is InChI=1S/C32H30ClN7O/c1-21-19-24-32(41-23-17-15-22(33)16-18-23)25(20-21)38(3)27-10-7-12-29(35-27)40(5)31-14-8-13-30(36-31)39(4)28-11-6-9-26(34-28)37(24)2/h6-20H,1-5H3. The van der Waals surface area contributed by atoms with Gasteiger partial charge in [-0.25, -0.2) is 15.0 Å². The Morgan fingerprint density at radius 2 is 0.902 bits per heavy atom. The van der Waals surface area contributed by atoms with Gasteiger partial charge in [-0.05, 0) is 85.3 Å². The van der Waals surface area contributed by atoms with Crippen molar-refractivity contribution in [3.8, 4) is 11.5 Å². The first-order chi connectivity index (χ1) is 19.8. The van der Waals surface area contributed by atoms with Crippen molar-refractivity contribution < 1.29 is 4.74 Å². The molecule has 0 amide bonds. The average Bonchev–Trinajstić information content (AvgIpc) is 3.01. The molecule has 8 nitrogen and oxygen atoms in total. The average molecular weight is 564 g/mol. The van der Waals surface area contributed by atoms with Gasteiger partial charge in [0.05, 0.1) is 11.4 Å². The van der Waals surface area contributed by atoms with Crippen LogP contribution in [0.4, 0.5) is 46.3 Å². The summed E-state index contributed by atoms with van der Waals surface area (Å²) >= 11 is 6.18. The van der Waals surface area contributed by atoms with Gasteiger partial charge in [0, 0.05) is 33.2 Å². The topological polar surface area (TPSA) is 60.9 Å². The lowest BCUT2D eigenvalue weighted by Gasteiger charge is -2.29. The molecule has 8 bridgehead atoms. The predicted molar refractivity (Wildman–Crippen MR) is 168 cm³/mol. The summed E-state index contributed by atoms with van der Waals surface area (Å²) in [6, 6.07) is 29.4. The van der Waals surface area contributed by atoms with Gasteiger partial charge in [-0.2, -0.15) is 0 Å². The van der Waals surface area contributed by atoms with Crippen molar-refractivity contribution in [3.63, 3.8) is 0 Å². The van der Waals surface area contributed by atoms with Gasteiger partial charge in [0.25, 0.3) is 0 Å². The highest BCUT2D eigenvalue weighted by Crippen LogP contribution is 2.45. The molecule has 1 aliphatic rings. The monoisotopic (exact) mass is 563 g/mol. The highest BCUT2D eigenvalue weighted by Gasteiger charge is 2.23. The number of nitrogens with zero attached hydrogens (tertiary/aromatic N) is 7. The number of ether oxygens (including phenoxy) is 1. The molecule has 0 saturated heterocycles. The number of rotatable bonds is 2. The van der Waals surface area contributed by atoms with E-state index < -0.39 is 0 Å².